The molecule has 0 aromatic carbocycles. The normalized spacial score (nSPS) is 10.6. The molecule has 40 valence electrons. The first-order chi connectivity index (χ1) is 3.12. The van der Waals surface area contributed by atoms with E-state index in [1.54, 1.807) is 0 Å². The van der Waals surface area contributed by atoms with Gasteiger partial charge in [0.15, 0.2) is 0 Å². The highest BCUT2D eigenvalue weighted by Crippen LogP contribution is 1.99. The number of hydrogen-bond acceptors (Lipinski definition) is 1. The summed E-state index contributed by atoms with van der Waals surface area (Å²) in [6, 6.07) is 0. The third kappa shape index (κ3) is 2.18. The molecule has 0 amide bonds. The van der Waals surface area contributed by atoms with E-state index < -0.39 is 0 Å². The van der Waals surface area contributed by atoms with Gasteiger partial charge in [-0.2, -0.15) is 0 Å². The van der Waals surface area contributed by atoms with Crippen molar-refractivity contribution in [3.05, 3.63) is 4.85 Å². The fourth-order valence-corrected chi connectivity index (χ4v) is 0.0645. The van der Waals surface area contributed by atoms with E-state index in [9.17, 15) is 0 Å². The summed E-state index contributed by atoms with van der Waals surface area (Å²) in [5.41, 5.74) is -0.264. The van der Waals surface area contributed by atoms with E-state index in [1.807, 2.05) is 20.9 Å². The van der Waals surface area contributed by atoms with Crippen LogP contribution in [-0.2, 0) is 0 Å². The SMILES string of the molecule is C#[N+]C(C)(C)NC. The van der Waals surface area contributed by atoms with Crippen molar-refractivity contribution in [1.82, 2.24) is 5.32 Å². The summed E-state index contributed by atoms with van der Waals surface area (Å²) in [5, 5.41) is 2.90. The average molecular weight is 99.2 g/mol. The van der Waals surface area contributed by atoms with Crippen molar-refractivity contribution in [2.75, 3.05) is 7.05 Å². The van der Waals surface area contributed by atoms with Crippen molar-refractivity contribution < 1.29 is 0 Å². The second kappa shape index (κ2) is 1.94. The fourth-order valence-electron chi connectivity index (χ4n) is 0.0645. The molecule has 0 atom stereocenters. The summed E-state index contributed by atoms with van der Waals surface area (Å²) < 4.78 is 0. The van der Waals surface area contributed by atoms with Crippen LogP contribution in [-0.4, -0.2) is 12.7 Å². The van der Waals surface area contributed by atoms with Gasteiger partial charge < -0.3 is 0 Å². The number of hydrogen-bond donors (Lipinski definition) is 1. The van der Waals surface area contributed by atoms with Gasteiger partial charge in [0.1, 0.15) is 0 Å². The maximum Gasteiger partial charge on any atom is 0.328 e. The van der Waals surface area contributed by atoms with Crippen LogP contribution in [0.3, 0.4) is 0 Å². The monoisotopic (exact) mass is 99.1 g/mol. The van der Waals surface area contributed by atoms with Crippen LogP contribution >= 0.6 is 0 Å². The predicted octanol–water partition coefficient (Wildman–Crippen LogP) is 0.905. The maximum absolute atomic E-state index is 4.98. The Morgan fingerprint density at radius 1 is 1.57 bits per heavy atom. The van der Waals surface area contributed by atoms with Crippen molar-refractivity contribution >= 4 is 0 Å². The molecule has 0 aromatic rings. The van der Waals surface area contributed by atoms with Crippen molar-refractivity contribution in [3.63, 3.8) is 0 Å². The zero-order valence-electron chi connectivity index (χ0n) is 5.02. The Bertz CT molecular complexity index is 88.7. The molecule has 7 heavy (non-hydrogen) atoms. The van der Waals surface area contributed by atoms with E-state index in [0.717, 1.165) is 0 Å². The number of nitrogens with one attached hydrogen (secondary N) is 1. The standard InChI is InChI=1S/C5H11N2/c1-5(2,6-3)7-4/h3,7H,1-2,4H3/q+1. The van der Waals surface area contributed by atoms with Crippen molar-refractivity contribution in [2.45, 2.75) is 19.5 Å². The molecule has 0 aliphatic carbocycles. The van der Waals surface area contributed by atoms with Gasteiger partial charge in [-0.1, -0.05) is 4.85 Å². The second-order valence-electron chi connectivity index (χ2n) is 1.94. The molecule has 0 heterocycles. The lowest BCUT2D eigenvalue weighted by Crippen LogP contribution is -2.31. The molecule has 0 saturated heterocycles. The van der Waals surface area contributed by atoms with Crippen LogP contribution in [0.1, 0.15) is 13.8 Å². The molecular formula is C5H11N2+. The number of nitrogens with zero attached hydrogens (tertiary/aromatic N) is 1. The molecule has 0 aromatic heterocycles. The molecule has 0 aliphatic rings. The van der Waals surface area contributed by atoms with Crippen molar-refractivity contribution in [1.29, 1.82) is 0 Å². The Hall–Kier alpha value is -0.550. The van der Waals surface area contributed by atoms with Crippen LogP contribution < -0.4 is 5.32 Å². The van der Waals surface area contributed by atoms with Crippen LogP contribution in [0.25, 0.3) is 4.85 Å². The van der Waals surface area contributed by atoms with Crippen molar-refractivity contribution in [2.24, 2.45) is 0 Å². The highest BCUT2D eigenvalue weighted by atomic mass is 15.1. The van der Waals surface area contributed by atoms with Crippen LogP contribution in [0.2, 0.25) is 0 Å². The molecule has 0 rings (SSSR count). The lowest BCUT2D eigenvalue weighted by atomic mass is 10.3. The first kappa shape index (κ1) is 6.45. The van der Waals surface area contributed by atoms with Crippen LogP contribution in [0, 0.1) is 6.57 Å². The Morgan fingerprint density at radius 2 is 2.00 bits per heavy atom. The molecule has 1 N–H and O–H groups in total. The smallest absolute Gasteiger partial charge is 0.245 e. The highest BCUT2D eigenvalue weighted by Gasteiger charge is 2.22. The largest absolute Gasteiger partial charge is 0.328 e. The van der Waals surface area contributed by atoms with Gasteiger partial charge in [0.25, 0.3) is 6.57 Å². The average Bonchev–Trinajstić information content (AvgIpc) is 1.68. The minimum atomic E-state index is -0.264. The van der Waals surface area contributed by atoms with Gasteiger partial charge in [-0.05, 0) is 7.05 Å². The Labute approximate surface area is 44.4 Å². The minimum absolute atomic E-state index is 0.264. The van der Waals surface area contributed by atoms with E-state index in [2.05, 4.69) is 10.2 Å². The van der Waals surface area contributed by atoms with Gasteiger partial charge in [0, 0.05) is 13.8 Å². The third-order valence-corrected chi connectivity index (χ3v) is 0.935. The van der Waals surface area contributed by atoms with Gasteiger partial charge in [-0.3, -0.25) is 0 Å². The van der Waals surface area contributed by atoms with E-state index >= 15 is 0 Å². The molecule has 0 radical (unpaired) electrons. The number of rotatable bonds is 1. The lowest BCUT2D eigenvalue weighted by Gasteiger charge is -2.00. The predicted molar refractivity (Wildman–Crippen MR) is 31.4 cm³/mol. The summed E-state index contributed by atoms with van der Waals surface area (Å²) in [7, 11) is 1.82. The molecular weight excluding hydrogens is 88.1 g/mol. The van der Waals surface area contributed by atoms with Crippen LogP contribution in [0.15, 0.2) is 0 Å². The molecule has 0 aliphatic heterocycles. The minimum Gasteiger partial charge on any atom is -0.245 e. The Morgan fingerprint density at radius 3 is 2.00 bits per heavy atom. The van der Waals surface area contributed by atoms with Gasteiger partial charge in [-0.15, -0.1) is 0 Å². The van der Waals surface area contributed by atoms with E-state index in [4.69, 9.17) is 6.57 Å². The van der Waals surface area contributed by atoms with Crippen LogP contribution in [0.4, 0.5) is 0 Å². The third-order valence-electron chi connectivity index (χ3n) is 0.935. The van der Waals surface area contributed by atoms with Gasteiger partial charge in [0.05, 0.1) is 0 Å². The molecule has 0 spiro atoms. The first-order valence-electron chi connectivity index (χ1n) is 2.23. The molecule has 0 unspecified atom stereocenters. The molecule has 0 fully saturated rings. The molecule has 2 heteroatoms. The van der Waals surface area contributed by atoms with Gasteiger partial charge >= 0.3 is 5.66 Å². The van der Waals surface area contributed by atoms with E-state index in [-0.39, 0.29) is 5.66 Å². The fraction of sp³-hybridized carbons (Fsp3) is 0.800. The second-order valence-corrected chi connectivity index (χ2v) is 1.94. The lowest BCUT2D eigenvalue weighted by molar-refractivity contribution is 0.524. The summed E-state index contributed by atoms with van der Waals surface area (Å²) in [6.45, 7) is 8.77. The summed E-state index contributed by atoms with van der Waals surface area (Å²) in [5.74, 6) is 0. The van der Waals surface area contributed by atoms with Gasteiger partial charge in [-0.25, -0.2) is 5.32 Å². The summed E-state index contributed by atoms with van der Waals surface area (Å²) >= 11 is 0. The summed E-state index contributed by atoms with van der Waals surface area (Å²) in [4.78, 5) is 3.53. The zero-order valence-corrected chi connectivity index (χ0v) is 5.02. The molecule has 2 nitrogen and oxygen atoms in total. The molecule has 0 saturated carbocycles. The Balaban J connectivity index is 3.66. The summed E-state index contributed by atoms with van der Waals surface area (Å²) in [6.07, 6.45) is 0. The van der Waals surface area contributed by atoms with Crippen molar-refractivity contribution in [3.8, 4) is 6.57 Å². The van der Waals surface area contributed by atoms with E-state index in [0.29, 0.717) is 0 Å². The quantitative estimate of drug-likeness (QED) is 0.516. The van der Waals surface area contributed by atoms with Crippen LogP contribution in [0.5, 0.6) is 0 Å². The van der Waals surface area contributed by atoms with Gasteiger partial charge in [0.2, 0.25) is 0 Å². The maximum atomic E-state index is 4.98. The molecule has 0 bridgehead atoms. The topological polar surface area (TPSA) is 16.4 Å². The Kier molecular flexibility index (Phi) is 1.79. The van der Waals surface area contributed by atoms with E-state index in [1.165, 1.54) is 0 Å². The first-order valence-corrected chi connectivity index (χ1v) is 2.23. The zero-order chi connectivity index (χ0) is 5.91. The highest BCUT2D eigenvalue weighted by molar-refractivity contribution is 4.88.